The van der Waals surface area contributed by atoms with Gasteiger partial charge in [-0.1, -0.05) is 25.2 Å². The summed E-state index contributed by atoms with van der Waals surface area (Å²) in [6.45, 7) is 4.35. The maximum atomic E-state index is 12.0. The van der Waals surface area contributed by atoms with E-state index in [1.54, 1.807) is 0 Å². The summed E-state index contributed by atoms with van der Waals surface area (Å²) in [4.78, 5) is 0. The van der Waals surface area contributed by atoms with Crippen molar-refractivity contribution in [2.75, 3.05) is 0 Å². The lowest BCUT2D eigenvalue weighted by molar-refractivity contribution is -0.0328. The van der Waals surface area contributed by atoms with Crippen LogP contribution >= 0.6 is 23.1 Å². The van der Waals surface area contributed by atoms with E-state index in [0.717, 1.165) is 11.3 Å². The zero-order valence-electron chi connectivity index (χ0n) is 8.13. The highest BCUT2D eigenvalue weighted by Gasteiger charge is 2.31. The first-order chi connectivity index (χ1) is 6.87. The molecule has 1 rings (SSSR count). The Hall–Kier alpha value is -0.340. The lowest BCUT2D eigenvalue weighted by atomic mass is 10.4. The molecule has 0 unspecified atom stereocenters. The smallest absolute Gasteiger partial charge is 0.308 e. The van der Waals surface area contributed by atoms with Gasteiger partial charge in [0.1, 0.15) is 5.01 Å². The van der Waals surface area contributed by atoms with Crippen LogP contribution in [0.2, 0.25) is 0 Å². The van der Waals surface area contributed by atoms with Crippen molar-refractivity contribution in [2.24, 2.45) is 0 Å². The van der Waals surface area contributed by atoms with E-state index in [1.807, 2.05) is 13.8 Å². The number of aromatic nitrogens is 2. The molecule has 0 saturated heterocycles. The van der Waals surface area contributed by atoms with Crippen molar-refractivity contribution in [3.05, 3.63) is 5.01 Å². The Bertz CT molecular complexity index is 311. The van der Waals surface area contributed by atoms with E-state index in [4.69, 9.17) is 0 Å². The highest BCUT2D eigenvalue weighted by molar-refractivity contribution is 8.01. The largest absolute Gasteiger partial charge is 0.448 e. The minimum Gasteiger partial charge on any atom is -0.308 e. The number of nitrogens with one attached hydrogen (secondary N) is 1. The standard InChI is InChI=1S/C7H10F3N3S2/c1-4(2)11-3-5-12-13-6(14-5)15-7(8,9)10/h4,11H,3H2,1-2H3. The Kier molecular flexibility index (Phi) is 4.35. The Morgan fingerprint density at radius 2 is 2.07 bits per heavy atom. The van der Waals surface area contributed by atoms with Crippen molar-refractivity contribution in [1.82, 2.24) is 15.5 Å². The molecule has 8 heteroatoms. The summed E-state index contributed by atoms with van der Waals surface area (Å²) in [5.41, 5.74) is -4.29. The lowest BCUT2D eigenvalue weighted by Gasteiger charge is -2.03. The summed E-state index contributed by atoms with van der Waals surface area (Å²) >= 11 is 0.733. The second kappa shape index (κ2) is 5.13. The predicted octanol–water partition coefficient (Wildman–Crippen LogP) is 2.65. The van der Waals surface area contributed by atoms with Crippen LogP contribution in [0.15, 0.2) is 4.34 Å². The van der Waals surface area contributed by atoms with Gasteiger partial charge >= 0.3 is 5.51 Å². The zero-order chi connectivity index (χ0) is 11.5. The van der Waals surface area contributed by atoms with Gasteiger partial charge in [-0.25, -0.2) is 0 Å². The van der Waals surface area contributed by atoms with Crippen LogP contribution in [-0.2, 0) is 6.54 Å². The van der Waals surface area contributed by atoms with Crippen molar-refractivity contribution >= 4 is 23.1 Å². The number of alkyl halides is 3. The first-order valence-electron chi connectivity index (χ1n) is 4.18. The van der Waals surface area contributed by atoms with Gasteiger partial charge in [-0.15, -0.1) is 10.2 Å². The average molecular weight is 257 g/mol. The van der Waals surface area contributed by atoms with Crippen LogP contribution in [0, 0.1) is 0 Å². The van der Waals surface area contributed by atoms with Crippen LogP contribution in [0.25, 0.3) is 0 Å². The van der Waals surface area contributed by atoms with E-state index >= 15 is 0 Å². The SMILES string of the molecule is CC(C)NCc1nnc(SC(F)(F)F)s1. The van der Waals surface area contributed by atoms with Crippen molar-refractivity contribution in [3.63, 3.8) is 0 Å². The van der Waals surface area contributed by atoms with Crippen LogP contribution in [0.5, 0.6) is 0 Å². The normalized spacial score (nSPS) is 12.4. The first-order valence-corrected chi connectivity index (χ1v) is 5.81. The summed E-state index contributed by atoms with van der Waals surface area (Å²) in [7, 11) is 0. The van der Waals surface area contributed by atoms with Crippen LogP contribution in [0.4, 0.5) is 13.2 Å². The third-order valence-electron chi connectivity index (χ3n) is 1.31. The van der Waals surface area contributed by atoms with Crippen LogP contribution in [-0.4, -0.2) is 21.7 Å². The Labute approximate surface area is 93.5 Å². The summed E-state index contributed by atoms with van der Waals surface area (Å²) < 4.78 is 35.8. The van der Waals surface area contributed by atoms with Gasteiger partial charge < -0.3 is 5.32 Å². The molecule has 1 heterocycles. The Balaban J connectivity index is 2.49. The summed E-state index contributed by atoms with van der Waals surface area (Å²) in [6.07, 6.45) is 0. The van der Waals surface area contributed by atoms with Gasteiger partial charge in [0.15, 0.2) is 4.34 Å². The van der Waals surface area contributed by atoms with Gasteiger partial charge in [0, 0.05) is 24.3 Å². The number of hydrogen-bond acceptors (Lipinski definition) is 5. The molecule has 1 aromatic rings. The molecule has 0 aliphatic carbocycles. The number of hydrogen-bond donors (Lipinski definition) is 1. The molecule has 0 saturated carbocycles. The molecule has 3 nitrogen and oxygen atoms in total. The molecule has 0 bridgehead atoms. The fourth-order valence-corrected chi connectivity index (χ4v) is 2.28. The van der Waals surface area contributed by atoms with E-state index < -0.39 is 5.51 Å². The minimum absolute atomic E-state index is 0.0666. The van der Waals surface area contributed by atoms with Gasteiger partial charge in [0.05, 0.1) is 0 Å². The fourth-order valence-electron chi connectivity index (χ4n) is 0.741. The van der Waals surface area contributed by atoms with Gasteiger partial charge in [-0.3, -0.25) is 0 Å². The molecular formula is C7H10F3N3S2. The topological polar surface area (TPSA) is 37.8 Å². The summed E-state index contributed by atoms with van der Waals surface area (Å²) in [6, 6.07) is 0.271. The minimum atomic E-state index is -4.29. The number of thioether (sulfide) groups is 1. The fraction of sp³-hybridized carbons (Fsp3) is 0.714. The van der Waals surface area contributed by atoms with E-state index in [1.165, 1.54) is 0 Å². The van der Waals surface area contributed by atoms with Crippen LogP contribution < -0.4 is 5.32 Å². The first kappa shape index (κ1) is 12.7. The molecule has 0 fully saturated rings. The van der Waals surface area contributed by atoms with Crippen molar-refractivity contribution in [2.45, 2.75) is 36.3 Å². The molecule has 15 heavy (non-hydrogen) atoms. The Morgan fingerprint density at radius 3 is 2.60 bits per heavy atom. The van der Waals surface area contributed by atoms with Gasteiger partial charge in [0.25, 0.3) is 0 Å². The Morgan fingerprint density at radius 1 is 1.40 bits per heavy atom. The molecule has 0 amide bonds. The summed E-state index contributed by atoms with van der Waals surface area (Å²) in [5.74, 6) is 0. The molecule has 0 aliphatic rings. The van der Waals surface area contributed by atoms with Crippen LogP contribution in [0.3, 0.4) is 0 Å². The second-order valence-corrected chi connectivity index (χ2v) is 5.42. The predicted molar refractivity (Wildman–Crippen MR) is 53.8 cm³/mol. The van der Waals surface area contributed by atoms with Crippen molar-refractivity contribution in [3.8, 4) is 0 Å². The number of nitrogens with zero attached hydrogens (tertiary/aromatic N) is 2. The zero-order valence-corrected chi connectivity index (χ0v) is 9.76. The third-order valence-corrected chi connectivity index (χ3v) is 3.02. The lowest BCUT2D eigenvalue weighted by Crippen LogP contribution is -2.21. The van der Waals surface area contributed by atoms with E-state index in [0.29, 0.717) is 11.6 Å². The molecule has 1 aromatic heterocycles. The second-order valence-electron chi connectivity index (χ2n) is 3.05. The maximum absolute atomic E-state index is 12.0. The quantitative estimate of drug-likeness (QED) is 0.841. The van der Waals surface area contributed by atoms with E-state index in [-0.39, 0.29) is 22.1 Å². The molecule has 0 atom stereocenters. The van der Waals surface area contributed by atoms with Gasteiger partial charge in [-0.2, -0.15) is 13.2 Å². The highest BCUT2D eigenvalue weighted by Crippen LogP contribution is 2.37. The van der Waals surface area contributed by atoms with Gasteiger partial charge in [-0.05, 0) is 0 Å². The molecular weight excluding hydrogens is 247 g/mol. The third kappa shape index (κ3) is 5.33. The monoisotopic (exact) mass is 257 g/mol. The average Bonchev–Trinajstić information content (AvgIpc) is 2.45. The maximum Gasteiger partial charge on any atom is 0.448 e. The van der Waals surface area contributed by atoms with Crippen molar-refractivity contribution in [1.29, 1.82) is 0 Å². The highest BCUT2D eigenvalue weighted by atomic mass is 32.2. The molecule has 1 N–H and O–H groups in total. The molecule has 86 valence electrons. The number of rotatable bonds is 4. The van der Waals surface area contributed by atoms with E-state index in [9.17, 15) is 13.2 Å². The number of halogens is 3. The van der Waals surface area contributed by atoms with E-state index in [2.05, 4.69) is 15.5 Å². The van der Waals surface area contributed by atoms with Crippen LogP contribution in [0.1, 0.15) is 18.9 Å². The summed E-state index contributed by atoms with van der Waals surface area (Å²) in [5, 5.41) is 10.7. The molecule has 0 spiro atoms. The molecule has 0 aliphatic heterocycles. The van der Waals surface area contributed by atoms with Gasteiger partial charge in [0.2, 0.25) is 0 Å². The van der Waals surface area contributed by atoms with Crippen molar-refractivity contribution < 1.29 is 13.2 Å². The molecule has 0 aromatic carbocycles. The molecule has 0 radical (unpaired) electrons.